The fraction of sp³-hybridized carbons (Fsp3) is 0.364. The van der Waals surface area contributed by atoms with Crippen molar-refractivity contribution < 1.29 is 14.8 Å². The second-order valence-electron chi connectivity index (χ2n) is 3.94. The first kappa shape index (κ1) is 13.1. The molecule has 0 aliphatic carbocycles. The fourth-order valence-corrected chi connectivity index (χ4v) is 1.46. The van der Waals surface area contributed by atoms with Gasteiger partial charge in [0.15, 0.2) is 0 Å². The van der Waals surface area contributed by atoms with Crippen molar-refractivity contribution >= 4 is 11.7 Å². The van der Waals surface area contributed by atoms with Crippen LogP contribution >= 0.6 is 0 Å². The molecule has 1 atom stereocenters. The molecule has 0 saturated heterocycles. The highest BCUT2D eigenvalue weighted by Crippen LogP contribution is 2.20. The smallest absolute Gasteiger partial charge is 0.325 e. The Kier molecular flexibility index (Phi) is 4.17. The summed E-state index contributed by atoms with van der Waals surface area (Å²) in [7, 11) is 0. The lowest BCUT2D eigenvalue weighted by Gasteiger charge is -2.17. The predicted octanol–water partition coefficient (Wildman–Crippen LogP) is 1.72. The molecule has 1 rings (SSSR count). The molecule has 92 valence electrons. The van der Waals surface area contributed by atoms with Gasteiger partial charge in [-0.1, -0.05) is 12.1 Å². The highest BCUT2D eigenvalue weighted by Gasteiger charge is 2.22. The van der Waals surface area contributed by atoms with Gasteiger partial charge in [-0.05, 0) is 19.4 Å². The number of hydrogen-bond acceptors (Lipinski definition) is 4. The first-order chi connectivity index (χ1) is 7.91. The van der Waals surface area contributed by atoms with E-state index >= 15 is 0 Å². The Hall–Kier alpha value is -1.95. The van der Waals surface area contributed by atoms with Gasteiger partial charge in [0, 0.05) is 18.2 Å². The number of nitro groups is 1. The summed E-state index contributed by atoms with van der Waals surface area (Å²) in [6.45, 7) is 3.63. The molecular formula is C11H14N2O4. The van der Waals surface area contributed by atoms with Crippen LogP contribution in [0, 0.1) is 10.1 Å². The number of nitrogens with one attached hydrogen (secondary N) is 1. The Bertz CT molecular complexity index is 431. The van der Waals surface area contributed by atoms with Crippen LogP contribution in [0.25, 0.3) is 0 Å². The molecule has 1 aromatic carbocycles. The van der Waals surface area contributed by atoms with Crippen LogP contribution in [0.4, 0.5) is 5.69 Å². The molecule has 1 aromatic rings. The molecule has 0 heterocycles. The van der Waals surface area contributed by atoms with Gasteiger partial charge < -0.3 is 5.11 Å². The molecule has 1 unspecified atom stereocenters. The van der Waals surface area contributed by atoms with Crippen LogP contribution in [0.1, 0.15) is 25.5 Å². The molecule has 0 amide bonds. The molecule has 0 aliphatic heterocycles. The van der Waals surface area contributed by atoms with E-state index in [2.05, 4.69) is 5.32 Å². The van der Waals surface area contributed by atoms with Crippen LogP contribution in [0.15, 0.2) is 24.3 Å². The number of hydrogen-bond donors (Lipinski definition) is 2. The van der Waals surface area contributed by atoms with Gasteiger partial charge in [-0.25, -0.2) is 0 Å². The van der Waals surface area contributed by atoms with Crippen molar-refractivity contribution in [1.29, 1.82) is 0 Å². The van der Waals surface area contributed by atoms with E-state index in [0.29, 0.717) is 5.56 Å². The number of aliphatic carboxylic acids is 1. The van der Waals surface area contributed by atoms with Crippen LogP contribution in [-0.4, -0.2) is 22.0 Å². The minimum absolute atomic E-state index is 0.0321. The summed E-state index contributed by atoms with van der Waals surface area (Å²) in [5.74, 6) is -1.06. The third-order valence-electron chi connectivity index (χ3n) is 2.16. The molecule has 6 nitrogen and oxygen atoms in total. The number of nitro benzene ring substituents is 1. The number of nitrogens with zero attached hydrogens (tertiary/aromatic N) is 1. The number of carbonyl (C=O) groups is 1. The number of benzene rings is 1. The van der Waals surface area contributed by atoms with Crippen LogP contribution in [-0.2, 0) is 4.79 Å². The Morgan fingerprint density at radius 1 is 1.47 bits per heavy atom. The lowest BCUT2D eigenvalue weighted by atomic mass is 10.1. The molecule has 0 radical (unpaired) electrons. The summed E-state index contributed by atoms with van der Waals surface area (Å²) >= 11 is 0. The highest BCUT2D eigenvalue weighted by molar-refractivity contribution is 5.75. The third-order valence-corrected chi connectivity index (χ3v) is 2.16. The first-order valence-corrected chi connectivity index (χ1v) is 5.15. The zero-order valence-electron chi connectivity index (χ0n) is 9.58. The summed E-state index contributed by atoms with van der Waals surface area (Å²) in [4.78, 5) is 21.1. The number of rotatable bonds is 5. The highest BCUT2D eigenvalue weighted by atomic mass is 16.6. The van der Waals surface area contributed by atoms with Crippen molar-refractivity contribution in [3.63, 3.8) is 0 Å². The lowest BCUT2D eigenvalue weighted by molar-refractivity contribution is -0.384. The van der Waals surface area contributed by atoms with E-state index in [4.69, 9.17) is 5.11 Å². The molecule has 0 fully saturated rings. The minimum Gasteiger partial charge on any atom is -0.480 e. The standard InChI is InChI=1S/C11H14N2O4/c1-7(2)12-10(11(14)15)8-4-3-5-9(6-8)13(16)17/h3-7,10,12H,1-2H3,(H,14,15). The molecule has 0 spiro atoms. The lowest BCUT2D eigenvalue weighted by Crippen LogP contribution is -2.33. The second-order valence-corrected chi connectivity index (χ2v) is 3.94. The number of carboxylic acids is 1. The van der Waals surface area contributed by atoms with E-state index in [0.717, 1.165) is 0 Å². The number of non-ortho nitro benzene ring substituents is 1. The van der Waals surface area contributed by atoms with E-state index in [-0.39, 0.29) is 11.7 Å². The van der Waals surface area contributed by atoms with Gasteiger partial charge >= 0.3 is 5.97 Å². The minimum atomic E-state index is -1.06. The molecule has 0 aromatic heterocycles. The number of carboxylic acid groups (broad SMARTS) is 1. The van der Waals surface area contributed by atoms with Gasteiger partial charge in [0.25, 0.3) is 5.69 Å². The van der Waals surface area contributed by atoms with Gasteiger partial charge in [0.1, 0.15) is 6.04 Å². The fourth-order valence-electron chi connectivity index (χ4n) is 1.46. The van der Waals surface area contributed by atoms with Crippen LogP contribution < -0.4 is 5.32 Å². The molecule has 0 saturated carbocycles. The van der Waals surface area contributed by atoms with E-state index < -0.39 is 16.9 Å². The maximum atomic E-state index is 11.1. The van der Waals surface area contributed by atoms with Gasteiger partial charge in [-0.15, -0.1) is 0 Å². The topological polar surface area (TPSA) is 92.5 Å². The van der Waals surface area contributed by atoms with Crippen LogP contribution in [0.3, 0.4) is 0 Å². The van der Waals surface area contributed by atoms with Crippen molar-refractivity contribution in [2.24, 2.45) is 0 Å². The Balaban J connectivity index is 3.05. The van der Waals surface area contributed by atoms with Gasteiger partial charge in [0.05, 0.1) is 4.92 Å². The Labute approximate surface area is 98.4 Å². The average Bonchev–Trinajstić information content (AvgIpc) is 2.25. The quantitative estimate of drug-likeness (QED) is 0.601. The van der Waals surface area contributed by atoms with Crippen LogP contribution in [0.5, 0.6) is 0 Å². The zero-order valence-corrected chi connectivity index (χ0v) is 9.58. The summed E-state index contributed by atoms with van der Waals surface area (Å²) in [6.07, 6.45) is 0. The van der Waals surface area contributed by atoms with Crippen molar-refractivity contribution in [3.8, 4) is 0 Å². The maximum absolute atomic E-state index is 11.1. The van der Waals surface area contributed by atoms with E-state index in [1.54, 1.807) is 6.07 Å². The molecule has 17 heavy (non-hydrogen) atoms. The van der Waals surface area contributed by atoms with Crippen molar-refractivity contribution in [1.82, 2.24) is 5.32 Å². The van der Waals surface area contributed by atoms with E-state index in [9.17, 15) is 14.9 Å². The summed E-state index contributed by atoms with van der Waals surface area (Å²) < 4.78 is 0. The van der Waals surface area contributed by atoms with E-state index in [1.165, 1.54) is 18.2 Å². The summed E-state index contributed by atoms with van der Waals surface area (Å²) in [5, 5.41) is 22.5. The van der Waals surface area contributed by atoms with Gasteiger partial charge in [-0.3, -0.25) is 20.2 Å². The summed E-state index contributed by atoms with van der Waals surface area (Å²) in [6, 6.07) is 4.67. The maximum Gasteiger partial charge on any atom is 0.325 e. The second kappa shape index (κ2) is 5.40. The van der Waals surface area contributed by atoms with Crippen LogP contribution in [0.2, 0.25) is 0 Å². The molecular weight excluding hydrogens is 224 g/mol. The largest absolute Gasteiger partial charge is 0.480 e. The van der Waals surface area contributed by atoms with E-state index in [1.807, 2.05) is 13.8 Å². The van der Waals surface area contributed by atoms with Crippen molar-refractivity contribution in [2.75, 3.05) is 0 Å². The van der Waals surface area contributed by atoms with Crippen molar-refractivity contribution in [3.05, 3.63) is 39.9 Å². The predicted molar refractivity (Wildman–Crippen MR) is 61.7 cm³/mol. The monoisotopic (exact) mass is 238 g/mol. The molecule has 2 N–H and O–H groups in total. The van der Waals surface area contributed by atoms with Gasteiger partial charge in [0.2, 0.25) is 0 Å². The average molecular weight is 238 g/mol. The molecule has 0 aliphatic rings. The Morgan fingerprint density at radius 3 is 2.59 bits per heavy atom. The first-order valence-electron chi connectivity index (χ1n) is 5.15. The SMILES string of the molecule is CC(C)NC(C(=O)O)c1cccc([N+](=O)[O-])c1. The third kappa shape index (κ3) is 3.53. The Morgan fingerprint density at radius 2 is 2.12 bits per heavy atom. The van der Waals surface area contributed by atoms with Gasteiger partial charge in [-0.2, -0.15) is 0 Å². The normalized spacial score (nSPS) is 12.4. The molecule has 6 heteroatoms. The molecule has 0 bridgehead atoms. The zero-order chi connectivity index (χ0) is 13.0. The summed E-state index contributed by atoms with van der Waals surface area (Å²) in [5.41, 5.74) is 0.264. The van der Waals surface area contributed by atoms with Crippen molar-refractivity contribution in [2.45, 2.75) is 25.9 Å².